The van der Waals surface area contributed by atoms with Gasteiger partial charge in [-0.2, -0.15) is 22.8 Å². The second-order valence-electron chi connectivity index (χ2n) is 5.81. The van der Waals surface area contributed by atoms with E-state index in [0.717, 1.165) is 37.4 Å². The number of aromatic nitrogens is 6. The SMILES string of the molecule is FC(F)(F)c1nnc2ccc(Sc3nnc(C4CCCCC4)o3)nn12. The summed E-state index contributed by atoms with van der Waals surface area (Å²) in [6.07, 6.45) is 0.909. The Balaban J connectivity index is 1.57. The van der Waals surface area contributed by atoms with Gasteiger partial charge in [-0.05, 0) is 36.7 Å². The minimum absolute atomic E-state index is 0.0186. The van der Waals surface area contributed by atoms with Crippen molar-refractivity contribution in [3.63, 3.8) is 0 Å². The highest BCUT2D eigenvalue weighted by atomic mass is 32.2. The van der Waals surface area contributed by atoms with Crippen LogP contribution in [0.1, 0.15) is 49.7 Å². The highest BCUT2D eigenvalue weighted by Crippen LogP contribution is 2.34. The second-order valence-corrected chi connectivity index (χ2v) is 6.78. The molecule has 0 radical (unpaired) electrons. The second kappa shape index (κ2) is 6.28. The number of rotatable bonds is 3. The summed E-state index contributed by atoms with van der Waals surface area (Å²) in [6.45, 7) is 0. The zero-order valence-corrected chi connectivity index (χ0v) is 13.7. The van der Waals surface area contributed by atoms with E-state index in [9.17, 15) is 13.2 Å². The molecule has 0 atom stereocenters. The number of hydrogen-bond acceptors (Lipinski definition) is 7. The molecule has 0 aromatic carbocycles. The molecule has 0 aliphatic heterocycles. The summed E-state index contributed by atoms with van der Waals surface area (Å²) in [7, 11) is 0. The van der Waals surface area contributed by atoms with Gasteiger partial charge in [-0.3, -0.25) is 0 Å². The molecule has 0 amide bonds. The molecule has 11 heteroatoms. The molecule has 0 spiro atoms. The minimum Gasteiger partial charge on any atom is -0.415 e. The number of halogens is 3. The summed E-state index contributed by atoms with van der Waals surface area (Å²) in [5.41, 5.74) is 0.0186. The molecule has 4 rings (SSSR count). The van der Waals surface area contributed by atoms with Gasteiger partial charge in [0.05, 0.1) is 0 Å². The lowest BCUT2D eigenvalue weighted by Gasteiger charge is -2.17. The van der Waals surface area contributed by atoms with E-state index < -0.39 is 12.0 Å². The van der Waals surface area contributed by atoms with E-state index in [0.29, 0.717) is 10.4 Å². The number of nitrogens with zero attached hydrogens (tertiary/aromatic N) is 6. The van der Waals surface area contributed by atoms with Crippen LogP contribution < -0.4 is 0 Å². The van der Waals surface area contributed by atoms with Gasteiger partial charge < -0.3 is 4.42 Å². The Morgan fingerprint density at radius 2 is 1.84 bits per heavy atom. The number of alkyl halides is 3. The smallest absolute Gasteiger partial charge is 0.415 e. The Labute approximate surface area is 144 Å². The molecule has 3 heterocycles. The van der Waals surface area contributed by atoms with Crippen molar-refractivity contribution in [2.45, 2.75) is 54.4 Å². The van der Waals surface area contributed by atoms with Gasteiger partial charge in [-0.15, -0.1) is 20.4 Å². The minimum atomic E-state index is -4.63. The molecule has 3 aromatic heterocycles. The highest BCUT2D eigenvalue weighted by molar-refractivity contribution is 7.99. The van der Waals surface area contributed by atoms with Gasteiger partial charge in [0.2, 0.25) is 5.89 Å². The molecule has 0 saturated heterocycles. The molecule has 3 aromatic rings. The van der Waals surface area contributed by atoms with E-state index >= 15 is 0 Å². The maximum atomic E-state index is 12.9. The van der Waals surface area contributed by atoms with Gasteiger partial charge in [0.25, 0.3) is 11.0 Å². The molecule has 25 heavy (non-hydrogen) atoms. The van der Waals surface area contributed by atoms with Crippen LogP contribution in [0.15, 0.2) is 26.8 Å². The first-order valence-corrected chi connectivity index (χ1v) is 8.63. The lowest BCUT2D eigenvalue weighted by Crippen LogP contribution is -2.12. The van der Waals surface area contributed by atoms with Crippen molar-refractivity contribution in [2.75, 3.05) is 0 Å². The van der Waals surface area contributed by atoms with Crippen LogP contribution in [0.3, 0.4) is 0 Å². The van der Waals surface area contributed by atoms with Crippen molar-refractivity contribution < 1.29 is 17.6 Å². The first-order valence-electron chi connectivity index (χ1n) is 7.81. The molecule has 1 fully saturated rings. The molecular formula is C14H13F3N6OS. The van der Waals surface area contributed by atoms with Crippen LogP contribution in [0.5, 0.6) is 0 Å². The Hall–Kier alpha value is -2.17. The molecule has 1 aliphatic rings. The fraction of sp³-hybridized carbons (Fsp3) is 0.500. The van der Waals surface area contributed by atoms with Gasteiger partial charge in [0.15, 0.2) is 5.65 Å². The Bertz CT molecular complexity index is 886. The van der Waals surface area contributed by atoms with E-state index in [1.54, 1.807) is 6.07 Å². The van der Waals surface area contributed by atoms with Crippen LogP contribution in [-0.2, 0) is 6.18 Å². The van der Waals surface area contributed by atoms with Gasteiger partial charge in [-0.1, -0.05) is 19.3 Å². The third-order valence-corrected chi connectivity index (χ3v) is 4.83. The van der Waals surface area contributed by atoms with Gasteiger partial charge in [0.1, 0.15) is 5.03 Å². The first kappa shape index (κ1) is 16.3. The van der Waals surface area contributed by atoms with E-state index in [4.69, 9.17) is 4.42 Å². The lowest BCUT2D eigenvalue weighted by molar-refractivity contribution is -0.146. The predicted molar refractivity (Wildman–Crippen MR) is 80.0 cm³/mol. The largest absolute Gasteiger partial charge is 0.453 e. The average molecular weight is 370 g/mol. The molecular weight excluding hydrogens is 357 g/mol. The van der Waals surface area contributed by atoms with Crippen molar-refractivity contribution in [2.24, 2.45) is 0 Å². The van der Waals surface area contributed by atoms with Crippen molar-refractivity contribution in [3.8, 4) is 0 Å². The zero-order valence-electron chi connectivity index (χ0n) is 12.9. The molecule has 1 saturated carbocycles. The molecule has 0 unspecified atom stereocenters. The average Bonchev–Trinajstić information content (AvgIpc) is 3.22. The predicted octanol–water partition coefficient (Wildman–Crippen LogP) is 3.73. The van der Waals surface area contributed by atoms with Crippen molar-refractivity contribution in [1.29, 1.82) is 0 Å². The quantitative estimate of drug-likeness (QED) is 0.695. The highest BCUT2D eigenvalue weighted by Gasteiger charge is 2.37. The topological polar surface area (TPSA) is 82.0 Å². The Morgan fingerprint density at radius 1 is 1.04 bits per heavy atom. The van der Waals surface area contributed by atoms with Gasteiger partial charge in [-0.25, -0.2) is 0 Å². The van der Waals surface area contributed by atoms with Crippen LogP contribution in [0.25, 0.3) is 5.65 Å². The van der Waals surface area contributed by atoms with Gasteiger partial charge in [0, 0.05) is 5.92 Å². The van der Waals surface area contributed by atoms with E-state index in [1.807, 2.05) is 0 Å². The zero-order chi connectivity index (χ0) is 17.4. The monoisotopic (exact) mass is 370 g/mol. The summed E-state index contributed by atoms with van der Waals surface area (Å²) in [5.74, 6) is -0.317. The number of hydrogen-bond donors (Lipinski definition) is 0. The van der Waals surface area contributed by atoms with Crippen LogP contribution in [0.2, 0.25) is 0 Å². The van der Waals surface area contributed by atoms with Crippen molar-refractivity contribution in [1.82, 2.24) is 30.0 Å². The third-order valence-electron chi connectivity index (χ3n) is 4.06. The maximum absolute atomic E-state index is 12.9. The van der Waals surface area contributed by atoms with Crippen LogP contribution in [-0.4, -0.2) is 30.0 Å². The molecule has 0 bridgehead atoms. The number of fused-ring (bicyclic) bond motifs is 1. The van der Waals surface area contributed by atoms with Gasteiger partial charge >= 0.3 is 6.18 Å². The first-order chi connectivity index (χ1) is 12.0. The van der Waals surface area contributed by atoms with Crippen molar-refractivity contribution in [3.05, 3.63) is 23.8 Å². The standard InChI is InChI=1S/C14H13F3N6OS/c15-14(16,17)12-20-18-9-6-7-10(22-23(9)12)25-13-21-19-11(24-13)8-4-2-1-3-5-8/h6-8H,1-5H2. The molecule has 1 aliphatic carbocycles. The summed E-state index contributed by atoms with van der Waals surface area (Å²) in [4.78, 5) is 0. The van der Waals surface area contributed by atoms with E-state index in [2.05, 4.69) is 25.5 Å². The summed E-state index contributed by atoms with van der Waals surface area (Å²) < 4.78 is 45.0. The van der Waals surface area contributed by atoms with Crippen LogP contribution in [0, 0.1) is 0 Å². The molecule has 132 valence electrons. The third kappa shape index (κ3) is 3.32. The molecule has 7 nitrogen and oxygen atoms in total. The van der Waals surface area contributed by atoms with Crippen LogP contribution in [0.4, 0.5) is 13.2 Å². The van der Waals surface area contributed by atoms with Crippen molar-refractivity contribution >= 4 is 17.4 Å². The lowest BCUT2D eigenvalue weighted by atomic mass is 9.89. The normalized spacial score (nSPS) is 16.6. The summed E-state index contributed by atoms with van der Waals surface area (Å²) in [6, 6.07) is 2.95. The fourth-order valence-electron chi connectivity index (χ4n) is 2.87. The van der Waals surface area contributed by atoms with E-state index in [1.165, 1.54) is 12.5 Å². The van der Waals surface area contributed by atoms with Crippen LogP contribution >= 0.6 is 11.8 Å². The van der Waals surface area contributed by atoms with E-state index in [-0.39, 0.29) is 21.8 Å². The fourth-order valence-corrected chi connectivity index (χ4v) is 3.52. The Kier molecular flexibility index (Phi) is 4.10. The Morgan fingerprint density at radius 3 is 2.60 bits per heavy atom. The summed E-state index contributed by atoms with van der Waals surface area (Å²) in [5, 5.41) is 19.1. The molecule has 0 N–H and O–H groups in total. The maximum Gasteiger partial charge on any atom is 0.453 e. The summed E-state index contributed by atoms with van der Waals surface area (Å²) >= 11 is 1.01.